The van der Waals surface area contributed by atoms with Crippen LogP contribution in [0.15, 0.2) is 24.5 Å². The van der Waals surface area contributed by atoms with E-state index < -0.39 is 0 Å². The van der Waals surface area contributed by atoms with Gasteiger partial charge in [-0.25, -0.2) is 0 Å². The molecule has 2 heterocycles. The van der Waals surface area contributed by atoms with E-state index in [0.29, 0.717) is 12.8 Å². The summed E-state index contributed by atoms with van der Waals surface area (Å²) in [4.78, 5) is 3.93. The smallest absolute Gasteiger partial charge is 0.156 e. The van der Waals surface area contributed by atoms with Gasteiger partial charge < -0.3 is 5.11 Å². The van der Waals surface area contributed by atoms with Crippen LogP contribution in [-0.4, -0.2) is 36.9 Å². The summed E-state index contributed by atoms with van der Waals surface area (Å²) in [6, 6.07) is 3.66. The lowest BCUT2D eigenvalue weighted by Crippen LogP contribution is -2.04. The molecule has 0 bridgehead atoms. The lowest BCUT2D eigenvalue weighted by Gasteiger charge is -2.02. The molecule has 0 radical (unpaired) electrons. The molecule has 0 spiro atoms. The van der Waals surface area contributed by atoms with Crippen molar-refractivity contribution in [3.8, 4) is 5.69 Å². The van der Waals surface area contributed by atoms with Crippen molar-refractivity contribution in [2.75, 3.05) is 6.61 Å². The summed E-state index contributed by atoms with van der Waals surface area (Å²) >= 11 is 0. The van der Waals surface area contributed by atoms with Crippen LogP contribution in [-0.2, 0) is 6.42 Å². The number of aliphatic hydroxyl groups is 1. The van der Waals surface area contributed by atoms with Crippen LogP contribution in [0.4, 0.5) is 0 Å². The van der Waals surface area contributed by atoms with Crippen LogP contribution in [0.1, 0.15) is 12.2 Å². The van der Waals surface area contributed by atoms with Crippen LogP contribution < -0.4 is 0 Å². The van der Waals surface area contributed by atoms with E-state index in [1.54, 1.807) is 17.1 Å². The molecule has 0 fully saturated rings. The molecule has 2 rings (SSSR count). The van der Waals surface area contributed by atoms with Crippen molar-refractivity contribution < 1.29 is 5.11 Å². The highest BCUT2D eigenvalue weighted by Gasteiger charge is 2.06. The Hall–Kier alpha value is -1.82. The second kappa shape index (κ2) is 4.61. The zero-order valence-corrected chi connectivity index (χ0v) is 8.11. The third-order valence-electron chi connectivity index (χ3n) is 2.00. The molecule has 0 aromatic carbocycles. The fourth-order valence-corrected chi connectivity index (χ4v) is 1.28. The summed E-state index contributed by atoms with van der Waals surface area (Å²) in [6.45, 7) is 0.142. The first-order chi connectivity index (χ1) is 7.42. The maximum Gasteiger partial charge on any atom is 0.156 e. The number of hydrogen-bond acceptors (Lipinski definition) is 5. The molecule has 0 saturated carbocycles. The highest BCUT2D eigenvalue weighted by Crippen LogP contribution is 2.06. The van der Waals surface area contributed by atoms with Crippen molar-refractivity contribution >= 4 is 0 Å². The van der Waals surface area contributed by atoms with E-state index >= 15 is 0 Å². The van der Waals surface area contributed by atoms with Gasteiger partial charge in [0.1, 0.15) is 0 Å². The van der Waals surface area contributed by atoms with E-state index in [1.165, 1.54) is 0 Å². The number of aromatic nitrogens is 5. The van der Waals surface area contributed by atoms with E-state index in [0.717, 1.165) is 11.5 Å². The second-order valence-electron chi connectivity index (χ2n) is 3.04. The van der Waals surface area contributed by atoms with Gasteiger partial charge in [-0.05, 0) is 29.0 Å². The second-order valence-corrected chi connectivity index (χ2v) is 3.04. The molecule has 78 valence electrons. The summed E-state index contributed by atoms with van der Waals surface area (Å²) in [5, 5.41) is 20.1. The lowest BCUT2D eigenvalue weighted by molar-refractivity contribution is 0.287. The van der Waals surface area contributed by atoms with Gasteiger partial charge in [0.05, 0.1) is 5.69 Å². The van der Waals surface area contributed by atoms with Crippen molar-refractivity contribution in [1.82, 2.24) is 25.2 Å². The van der Waals surface area contributed by atoms with Crippen molar-refractivity contribution in [3.63, 3.8) is 0 Å². The fourth-order valence-electron chi connectivity index (χ4n) is 1.28. The first kappa shape index (κ1) is 9.72. The van der Waals surface area contributed by atoms with E-state index in [1.807, 2.05) is 12.1 Å². The maximum atomic E-state index is 8.74. The van der Waals surface area contributed by atoms with Gasteiger partial charge in [-0.15, -0.1) is 5.10 Å². The molecule has 2 aromatic heterocycles. The van der Waals surface area contributed by atoms with E-state index in [-0.39, 0.29) is 6.61 Å². The average molecular weight is 205 g/mol. The molecule has 0 saturated heterocycles. The number of pyridine rings is 1. The van der Waals surface area contributed by atoms with E-state index in [4.69, 9.17) is 5.11 Å². The highest BCUT2D eigenvalue weighted by molar-refractivity contribution is 5.27. The average Bonchev–Trinajstić information content (AvgIpc) is 2.75. The molecule has 15 heavy (non-hydrogen) atoms. The fraction of sp³-hybridized carbons (Fsp3) is 0.333. The normalized spacial score (nSPS) is 10.5. The molecule has 0 unspecified atom stereocenters. The monoisotopic (exact) mass is 205 g/mol. The minimum Gasteiger partial charge on any atom is -0.396 e. The molecule has 0 amide bonds. The number of rotatable bonds is 4. The molecule has 1 N–H and O–H groups in total. The summed E-state index contributed by atoms with van der Waals surface area (Å²) in [7, 11) is 0. The Balaban J connectivity index is 2.25. The highest BCUT2D eigenvalue weighted by atomic mass is 16.2. The zero-order valence-electron chi connectivity index (χ0n) is 8.11. The summed E-state index contributed by atoms with van der Waals surface area (Å²) in [5.41, 5.74) is 0.878. The minimum atomic E-state index is 0.142. The van der Waals surface area contributed by atoms with Crippen molar-refractivity contribution in [2.45, 2.75) is 12.8 Å². The van der Waals surface area contributed by atoms with Crippen molar-refractivity contribution in [1.29, 1.82) is 0 Å². The van der Waals surface area contributed by atoms with Gasteiger partial charge in [0.25, 0.3) is 0 Å². The predicted octanol–water partition coefficient (Wildman–Crippen LogP) is -0.0178. The Kier molecular flexibility index (Phi) is 2.99. The largest absolute Gasteiger partial charge is 0.396 e. The van der Waals surface area contributed by atoms with Crippen LogP contribution in [0, 0.1) is 0 Å². The number of aryl methyl sites for hydroxylation is 1. The van der Waals surface area contributed by atoms with Gasteiger partial charge in [0.15, 0.2) is 5.82 Å². The molecule has 0 atom stereocenters. The Bertz CT molecular complexity index is 413. The van der Waals surface area contributed by atoms with E-state index in [2.05, 4.69) is 20.5 Å². The minimum absolute atomic E-state index is 0.142. The SMILES string of the molecule is OCCCc1nnnn1-c1ccncc1. The Morgan fingerprint density at radius 3 is 2.80 bits per heavy atom. The molecule has 0 aliphatic heterocycles. The van der Waals surface area contributed by atoms with Crippen molar-refractivity contribution in [2.24, 2.45) is 0 Å². The molecular formula is C9H11N5O. The number of hydrogen-bond donors (Lipinski definition) is 1. The number of aliphatic hydroxyl groups excluding tert-OH is 1. The topological polar surface area (TPSA) is 76.7 Å². The maximum absolute atomic E-state index is 8.74. The molecule has 0 aliphatic carbocycles. The number of tetrazole rings is 1. The van der Waals surface area contributed by atoms with Crippen LogP contribution >= 0.6 is 0 Å². The van der Waals surface area contributed by atoms with Gasteiger partial charge in [-0.1, -0.05) is 0 Å². The third-order valence-corrected chi connectivity index (χ3v) is 2.00. The Morgan fingerprint density at radius 1 is 1.27 bits per heavy atom. The number of nitrogens with zero attached hydrogens (tertiary/aromatic N) is 5. The van der Waals surface area contributed by atoms with Crippen LogP contribution in [0.2, 0.25) is 0 Å². The van der Waals surface area contributed by atoms with Crippen molar-refractivity contribution in [3.05, 3.63) is 30.4 Å². The summed E-state index contributed by atoms with van der Waals surface area (Å²) in [6.07, 6.45) is 4.69. The van der Waals surface area contributed by atoms with Gasteiger partial charge in [0.2, 0.25) is 0 Å². The molecule has 6 nitrogen and oxygen atoms in total. The van der Waals surface area contributed by atoms with Gasteiger partial charge in [-0.3, -0.25) is 4.98 Å². The summed E-state index contributed by atoms with van der Waals surface area (Å²) < 4.78 is 1.65. The van der Waals surface area contributed by atoms with Gasteiger partial charge in [-0.2, -0.15) is 4.68 Å². The first-order valence-corrected chi connectivity index (χ1v) is 4.70. The van der Waals surface area contributed by atoms with Gasteiger partial charge >= 0.3 is 0 Å². The lowest BCUT2D eigenvalue weighted by atomic mass is 10.3. The molecule has 2 aromatic rings. The molecular weight excluding hydrogens is 194 g/mol. The Labute approximate surface area is 86.6 Å². The quantitative estimate of drug-likeness (QED) is 0.759. The third kappa shape index (κ3) is 2.16. The predicted molar refractivity (Wildman–Crippen MR) is 52.4 cm³/mol. The summed E-state index contributed by atoms with van der Waals surface area (Å²) in [5.74, 6) is 0.746. The molecule has 0 aliphatic rings. The molecule has 6 heteroatoms. The van der Waals surface area contributed by atoms with Crippen LogP contribution in [0.5, 0.6) is 0 Å². The van der Waals surface area contributed by atoms with Gasteiger partial charge in [0, 0.05) is 25.4 Å². The first-order valence-electron chi connectivity index (χ1n) is 4.70. The Morgan fingerprint density at radius 2 is 2.07 bits per heavy atom. The van der Waals surface area contributed by atoms with Crippen LogP contribution in [0.3, 0.4) is 0 Å². The standard InChI is InChI=1S/C9H11N5O/c15-7-1-2-9-11-12-13-14(9)8-3-5-10-6-4-8/h3-6,15H,1-2,7H2. The van der Waals surface area contributed by atoms with E-state index in [9.17, 15) is 0 Å². The zero-order chi connectivity index (χ0) is 10.5. The van der Waals surface area contributed by atoms with Crippen LogP contribution in [0.25, 0.3) is 5.69 Å².